The average Bonchev–Trinajstić information content (AvgIpc) is 2.59. The Morgan fingerprint density at radius 1 is 0.679 bits per heavy atom. The molecule has 0 fully saturated rings. The maximum absolute atomic E-state index is 6.98. The first-order valence-corrected chi connectivity index (χ1v) is 19.1. The Labute approximate surface area is 182 Å². The van der Waals surface area contributed by atoms with Gasteiger partial charge in [0.2, 0.25) is 0 Å². The van der Waals surface area contributed by atoms with Crippen molar-refractivity contribution in [3.63, 3.8) is 0 Å². The molecule has 2 aromatic carbocycles. The van der Waals surface area contributed by atoms with Crippen LogP contribution in [0.2, 0.25) is 25.3 Å². The Kier molecular flexibility index (Phi) is 8.09. The van der Waals surface area contributed by atoms with Gasteiger partial charge in [0.05, 0.1) is 0 Å². The van der Waals surface area contributed by atoms with E-state index in [-0.39, 0.29) is 5.60 Å². The van der Waals surface area contributed by atoms with E-state index in [1.165, 1.54) is 16.4 Å². The molecule has 1 nitrogen and oxygen atoms in total. The summed E-state index contributed by atoms with van der Waals surface area (Å²) in [4.78, 5) is 0. The molecular weight excluding hydrogens is 461 g/mol. The third-order valence-corrected chi connectivity index (χ3v) is 16.2. The molecule has 2 radical (unpaired) electrons. The van der Waals surface area contributed by atoms with Crippen LogP contribution >= 0.6 is 0 Å². The molecule has 0 aliphatic heterocycles. The normalized spacial score (nSPS) is 13.4. The average molecular weight is 500 g/mol. The van der Waals surface area contributed by atoms with Crippen molar-refractivity contribution in [3.05, 3.63) is 71.8 Å². The number of benzene rings is 2. The van der Waals surface area contributed by atoms with Gasteiger partial charge in [0.15, 0.2) is 0 Å². The van der Waals surface area contributed by atoms with Crippen LogP contribution in [0.5, 0.6) is 0 Å². The first kappa shape index (κ1) is 23.8. The van der Waals surface area contributed by atoms with E-state index in [4.69, 9.17) is 3.76 Å². The standard InChI is InChI=1S/C25H38Ge2O/c1-23(2,3)27(24(4,5)6)20-19-25(28-26(7)8,21-15-11-9-12-16-21)22-17-13-10-14-18-22/h9-18H,19-20H2,1-8H3. The summed E-state index contributed by atoms with van der Waals surface area (Å²) in [5, 5.41) is 1.31. The zero-order chi connectivity index (χ0) is 21.0. The summed E-state index contributed by atoms with van der Waals surface area (Å²) >= 11 is -2.95. The fourth-order valence-corrected chi connectivity index (χ4v) is 15.9. The second kappa shape index (κ2) is 9.53. The molecule has 0 spiro atoms. The summed E-state index contributed by atoms with van der Waals surface area (Å²) in [5.74, 6) is 4.65. The molecule has 28 heavy (non-hydrogen) atoms. The number of rotatable bonds is 7. The molecule has 0 aliphatic rings. The van der Waals surface area contributed by atoms with Gasteiger partial charge in [0.25, 0.3) is 0 Å². The Bertz CT molecular complexity index is 658. The molecule has 2 aromatic rings. The molecule has 0 N–H and O–H groups in total. The van der Waals surface area contributed by atoms with Gasteiger partial charge in [-0.15, -0.1) is 0 Å². The second-order valence-electron chi connectivity index (χ2n) is 10.0. The second-order valence-corrected chi connectivity index (χ2v) is 23.6. The van der Waals surface area contributed by atoms with E-state index in [1.54, 1.807) is 0 Å². The monoisotopic (exact) mass is 502 g/mol. The molecule has 0 saturated heterocycles. The summed E-state index contributed by atoms with van der Waals surface area (Å²) in [7, 11) is 0. The van der Waals surface area contributed by atoms with Crippen molar-refractivity contribution >= 4 is 29.0 Å². The van der Waals surface area contributed by atoms with Gasteiger partial charge in [-0.05, 0) is 0 Å². The molecule has 0 saturated carbocycles. The van der Waals surface area contributed by atoms with Crippen molar-refractivity contribution in [1.82, 2.24) is 0 Å². The number of hydrogen-bond acceptors (Lipinski definition) is 1. The van der Waals surface area contributed by atoms with Gasteiger partial charge >= 0.3 is 183 Å². The molecule has 0 heterocycles. The molecule has 0 bridgehead atoms. The Morgan fingerprint density at radius 3 is 1.39 bits per heavy atom. The van der Waals surface area contributed by atoms with Crippen molar-refractivity contribution in [3.8, 4) is 0 Å². The molecule has 0 atom stereocenters. The topological polar surface area (TPSA) is 9.23 Å². The SMILES string of the molecule is [CH3][Ge]([CH3])[O]C(C[CH2][Ge]([C](C)(C)C)[C](C)(C)C)(c1ccccc1)c1ccccc1. The van der Waals surface area contributed by atoms with Gasteiger partial charge in [0.1, 0.15) is 0 Å². The summed E-state index contributed by atoms with van der Waals surface area (Å²) < 4.78 is 7.83. The van der Waals surface area contributed by atoms with Crippen LogP contribution < -0.4 is 0 Å². The summed E-state index contributed by atoms with van der Waals surface area (Å²) in [6.07, 6.45) is 1.09. The molecule has 0 aliphatic carbocycles. The van der Waals surface area contributed by atoms with E-state index < -0.39 is 29.0 Å². The molecular formula is C25H38Ge2O. The molecule has 0 amide bonds. The van der Waals surface area contributed by atoms with Crippen LogP contribution in [0.3, 0.4) is 0 Å². The molecule has 0 unspecified atom stereocenters. The van der Waals surface area contributed by atoms with Crippen molar-refractivity contribution in [2.75, 3.05) is 0 Å². The van der Waals surface area contributed by atoms with Crippen molar-refractivity contribution in [2.24, 2.45) is 0 Å². The summed E-state index contributed by atoms with van der Waals surface area (Å²) in [6.45, 7) is 14.8. The summed E-state index contributed by atoms with van der Waals surface area (Å²) in [5.41, 5.74) is 2.32. The van der Waals surface area contributed by atoms with E-state index >= 15 is 0 Å². The van der Waals surface area contributed by atoms with Gasteiger partial charge in [0, 0.05) is 0 Å². The third-order valence-electron chi connectivity index (χ3n) is 5.40. The van der Waals surface area contributed by atoms with Crippen LogP contribution in [0.15, 0.2) is 60.7 Å². The van der Waals surface area contributed by atoms with Crippen LogP contribution in [-0.4, -0.2) is 29.0 Å². The fourth-order valence-electron chi connectivity index (χ4n) is 4.56. The van der Waals surface area contributed by atoms with E-state index in [1.807, 2.05) is 0 Å². The van der Waals surface area contributed by atoms with E-state index in [9.17, 15) is 0 Å². The quantitative estimate of drug-likeness (QED) is 0.355. The Balaban J connectivity index is 2.54. The van der Waals surface area contributed by atoms with Gasteiger partial charge in [-0.3, -0.25) is 0 Å². The maximum atomic E-state index is 6.98. The van der Waals surface area contributed by atoms with Gasteiger partial charge < -0.3 is 0 Å². The first-order chi connectivity index (χ1) is 13.0. The molecule has 3 heteroatoms. The van der Waals surface area contributed by atoms with Crippen LogP contribution in [0.25, 0.3) is 0 Å². The predicted octanol–water partition coefficient (Wildman–Crippen LogP) is 7.68. The Hall–Kier alpha value is -0.514. The van der Waals surface area contributed by atoms with Crippen LogP contribution in [0, 0.1) is 0 Å². The fraction of sp³-hybridized carbons (Fsp3) is 0.520. The van der Waals surface area contributed by atoms with E-state index in [0.717, 1.165) is 6.42 Å². The first-order valence-electron chi connectivity index (χ1n) is 10.4. The molecule has 152 valence electrons. The van der Waals surface area contributed by atoms with Gasteiger partial charge in [-0.1, -0.05) is 0 Å². The predicted molar refractivity (Wildman–Crippen MR) is 127 cm³/mol. The third kappa shape index (κ3) is 5.99. The minimum atomic E-state index is -1.55. The van der Waals surface area contributed by atoms with E-state index in [2.05, 4.69) is 114 Å². The zero-order valence-corrected chi connectivity index (χ0v) is 23.3. The van der Waals surface area contributed by atoms with Crippen molar-refractivity contribution < 1.29 is 3.76 Å². The molecule has 2 rings (SSSR count). The van der Waals surface area contributed by atoms with Gasteiger partial charge in [-0.25, -0.2) is 0 Å². The van der Waals surface area contributed by atoms with Crippen LogP contribution in [-0.2, 0) is 9.36 Å². The van der Waals surface area contributed by atoms with Crippen LogP contribution in [0.1, 0.15) is 59.1 Å². The van der Waals surface area contributed by atoms with Crippen LogP contribution in [0.4, 0.5) is 0 Å². The Morgan fingerprint density at radius 2 is 1.07 bits per heavy atom. The molecule has 0 aromatic heterocycles. The van der Waals surface area contributed by atoms with Crippen molar-refractivity contribution in [1.29, 1.82) is 0 Å². The summed E-state index contributed by atoms with van der Waals surface area (Å²) in [6, 6.07) is 21.9. The van der Waals surface area contributed by atoms with Gasteiger partial charge in [-0.2, -0.15) is 0 Å². The van der Waals surface area contributed by atoms with Crippen molar-refractivity contribution in [2.45, 2.75) is 78.8 Å². The minimum absolute atomic E-state index is 0.309. The van der Waals surface area contributed by atoms with E-state index in [0.29, 0.717) is 8.49 Å². The number of hydrogen-bond donors (Lipinski definition) is 0. The zero-order valence-electron chi connectivity index (χ0n) is 19.1.